The standard InChI is InChI=1S/C24H32N2O/c1-17(2)23(18(3)4)25-24(27)21-11-9-19(10-12-21)15-26-14-13-20-7-5-6-8-22(20)16-26/h5-12,17-18,23H,13-16H2,1-4H3,(H,25,27). The van der Waals surface area contributed by atoms with Gasteiger partial charge in [-0.1, -0.05) is 64.1 Å². The number of rotatable bonds is 6. The van der Waals surface area contributed by atoms with Crippen molar-refractivity contribution in [2.24, 2.45) is 11.8 Å². The molecule has 0 bridgehead atoms. The second-order valence-corrected chi connectivity index (χ2v) is 8.41. The Bertz CT molecular complexity index is 756. The summed E-state index contributed by atoms with van der Waals surface area (Å²) in [4.78, 5) is 15.1. The fourth-order valence-corrected chi connectivity index (χ4v) is 4.05. The van der Waals surface area contributed by atoms with E-state index >= 15 is 0 Å². The molecule has 0 saturated heterocycles. The Kier molecular flexibility index (Phi) is 6.33. The van der Waals surface area contributed by atoms with Crippen molar-refractivity contribution in [2.45, 2.75) is 53.2 Å². The minimum atomic E-state index is 0.0286. The highest BCUT2D eigenvalue weighted by Crippen LogP contribution is 2.20. The van der Waals surface area contributed by atoms with Crippen LogP contribution in [0.25, 0.3) is 0 Å². The van der Waals surface area contributed by atoms with E-state index in [1.165, 1.54) is 16.7 Å². The Morgan fingerprint density at radius 1 is 0.963 bits per heavy atom. The third-order valence-electron chi connectivity index (χ3n) is 5.57. The lowest BCUT2D eigenvalue weighted by atomic mass is 9.93. The van der Waals surface area contributed by atoms with Gasteiger partial charge in [0.05, 0.1) is 0 Å². The van der Waals surface area contributed by atoms with E-state index in [-0.39, 0.29) is 11.9 Å². The molecule has 1 aliphatic rings. The molecule has 3 heteroatoms. The molecule has 0 atom stereocenters. The van der Waals surface area contributed by atoms with E-state index in [9.17, 15) is 4.79 Å². The average molecular weight is 365 g/mol. The SMILES string of the molecule is CC(C)C(NC(=O)c1ccc(CN2CCc3ccccc3C2)cc1)C(C)C. The van der Waals surface area contributed by atoms with Gasteiger partial charge in [-0.3, -0.25) is 9.69 Å². The first-order valence-corrected chi connectivity index (χ1v) is 10.1. The van der Waals surface area contributed by atoms with Crippen LogP contribution in [0.2, 0.25) is 0 Å². The van der Waals surface area contributed by atoms with Crippen molar-refractivity contribution in [3.05, 3.63) is 70.8 Å². The van der Waals surface area contributed by atoms with E-state index in [0.717, 1.165) is 31.6 Å². The number of amides is 1. The van der Waals surface area contributed by atoms with E-state index in [4.69, 9.17) is 0 Å². The first-order valence-electron chi connectivity index (χ1n) is 10.1. The van der Waals surface area contributed by atoms with Crippen LogP contribution < -0.4 is 5.32 Å². The molecule has 0 saturated carbocycles. The fourth-order valence-electron chi connectivity index (χ4n) is 4.05. The van der Waals surface area contributed by atoms with Crippen LogP contribution in [0.4, 0.5) is 0 Å². The zero-order chi connectivity index (χ0) is 19.4. The predicted octanol–water partition coefficient (Wildman–Crippen LogP) is 4.66. The first-order chi connectivity index (χ1) is 12.9. The van der Waals surface area contributed by atoms with Crippen molar-refractivity contribution in [1.82, 2.24) is 10.2 Å². The number of benzene rings is 2. The van der Waals surface area contributed by atoms with Crippen LogP contribution in [-0.2, 0) is 19.5 Å². The maximum atomic E-state index is 12.6. The van der Waals surface area contributed by atoms with Crippen LogP contribution in [0, 0.1) is 11.8 Å². The van der Waals surface area contributed by atoms with Crippen molar-refractivity contribution in [2.75, 3.05) is 6.54 Å². The number of nitrogens with zero attached hydrogens (tertiary/aromatic N) is 1. The zero-order valence-corrected chi connectivity index (χ0v) is 17.0. The zero-order valence-electron chi connectivity index (χ0n) is 17.0. The molecule has 0 radical (unpaired) electrons. The molecule has 1 aliphatic heterocycles. The van der Waals surface area contributed by atoms with Gasteiger partial charge in [-0.05, 0) is 47.1 Å². The van der Waals surface area contributed by atoms with Gasteiger partial charge in [-0.15, -0.1) is 0 Å². The smallest absolute Gasteiger partial charge is 0.251 e. The summed E-state index contributed by atoms with van der Waals surface area (Å²) in [6.07, 6.45) is 1.11. The van der Waals surface area contributed by atoms with Gasteiger partial charge in [0.25, 0.3) is 5.91 Å². The van der Waals surface area contributed by atoms with Gasteiger partial charge in [0.15, 0.2) is 0 Å². The maximum absolute atomic E-state index is 12.6. The summed E-state index contributed by atoms with van der Waals surface area (Å²) in [6, 6.07) is 17.0. The molecule has 0 aliphatic carbocycles. The average Bonchev–Trinajstić information content (AvgIpc) is 2.66. The summed E-state index contributed by atoms with van der Waals surface area (Å²) in [7, 11) is 0. The van der Waals surface area contributed by atoms with Crippen LogP contribution in [0.3, 0.4) is 0 Å². The van der Waals surface area contributed by atoms with Gasteiger partial charge in [0.2, 0.25) is 0 Å². The Balaban J connectivity index is 1.60. The van der Waals surface area contributed by atoms with Gasteiger partial charge in [0, 0.05) is 31.2 Å². The van der Waals surface area contributed by atoms with E-state index in [2.05, 4.69) is 74.3 Å². The molecule has 1 heterocycles. The Hall–Kier alpha value is -2.13. The summed E-state index contributed by atoms with van der Waals surface area (Å²) < 4.78 is 0. The normalized spacial score (nSPS) is 14.6. The van der Waals surface area contributed by atoms with Gasteiger partial charge in [-0.2, -0.15) is 0 Å². The fraction of sp³-hybridized carbons (Fsp3) is 0.458. The Morgan fingerprint density at radius 2 is 1.59 bits per heavy atom. The number of hydrogen-bond donors (Lipinski definition) is 1. The number of carbonyl (C=O) groups excluding carboxylic acids is 1. The molecule has 0 unspecified atom stereocenters. The minimum Gasteiger partial charge on any atom is -0.349 e. The number of nitrogens with one attached hydrogen (secondary N) is 1. The topological polar surface area (TPSA) is 32.3 Å². The van der Waals surface area contributed by atoms with Crippen LogP contribution in [-0.4, -0.2) is 23.4 Å². The monoisotopic (exact) mass is 364 g/mol. The lowest BCUT2D eigenvalue weighted by Crippen LogP contribution is -2.42. The summed E-state index contributed by atoms with van der Waals surface area (Å²) in [5.41, 5.74) is 4.92. The van der Waals surface area contributed by atoms with E-state index < -0.39 is 0 Å². The van der Waals surface area contributed by atoms with Gasteiger partial charge in [-0.25, -0.2) is 0 Å². The lowest BCUT2D eigenvalue weighted by molar-refractivity contribution is 0.0910. The quantitative estimate of drug-likeness (QED) is 0.809. The molecule has 27 heavy (non-hydrogen) atoms. The summed E-state index contributed by atoms with van der Waals surface area (Å²) in [5.74, 6) is 0.881. The van der Waals surface area contributed by atoms with Crippen LogP contribution in [0.15, 0.2) is 48.5 Å². The largest absolute Gasteiger partial charge is 0.349 e. The summed E-state index contributed by atoms with van der Waals surface area (Å²) in [5, 5.41) is 3.19. The molecule has 0 aromatic heterocycles. The molecule has 0 fully saturated rings. The number of carbonyl (C=O) groups is 1. The Morgan fingerprint density at radius 3 is 2.22 bits per heavy atom. The molecule has 2 aromatic rings. The summed E-state index contributed by atoms with van der Waals surface area (Å²) >= 11 is 0. The minimum absolute atomic E-state index is 0.0286. The second-order valence-electron chi connectivity index (χ2n) is 8.41. The molecule has 144 valence electrons. The molecule has 3 nitrogen and oxygen atoms in total. The molecule has 2 aromatic carbocycles. The molecular formula is C24H32N2O. The maximum Gasteiger partial charge on any atom is 0.251 e. The van der Waals surface area contributed by atoms with E-state index in [0.29, 0.717) is 11.8 Å². The van der Waals surface area contributed by atoms with Crippen molar-refractivity contribution in [3.8, 4) is 0 Å². The van der Waals surface area contributed by atoms with Crippen molar-refractivity contribution >= 4 is 5.91 Å². The van der Waals surface area contributed by atoms with Crippen molar-refractivity contribution in [3.63, 3.8) is 0 Å². The number of fused-ring (bicyclic) bond motifs is 1. The van der Waals surface area contributed by atoms with Gasteiger partial charge < -0.3 is 5.32 Å². The molecule has 0 spiro atoms. The first kappa shape index (κ1) is 19.6. The third kappa shape index (κ3) is 4.98. The van der Waals surface area contributed by atoms with Crippen LogP contribution in [0.5, 0.6) is 0 Å². The third-order valence-corrected chi connectivity index (χ3v) is 5.57. The molecular weight excluding hydrogens is 332 g/mol. The highest BCUT2D eigenvalue weighted by Gasteiger charge is 2.20. The van der Waals surface area contributed by atoms with Gasteiger partial charge in [0.1, 0.15) is 0 Å². The Labute approximate surface area is 163 Å². The van der Waals surface area contributed by atoms with Crippen molar-refractivity contribution in [1.29, 1.82) is 0 Å². The van der Waals surface area contributed by atoms with Gasteiger partial charge >= 0.3 is 0 Å². The molecule has 1 N–H and O–H groups in total. The highest BCUT2D eigenvalue weighted by molar-refractivity contribution is 5.94. The number of hydrogen-bond acceptors (Lipinski definition) is 2. The lowest BCUT2D eigenvalue weighted by Gasteiger charge is -2.28. The molecule has 1 amide bonds. The summed E-state index contributed by atoms with van der Waals surface area (Å²) in [6.45, 7) is 11.6. The highest BCUT2D eigenvalue weighted by atomic mass is 16.1. The molecule has 3 rings (SSSR count). The predicted molar refractivity (Wildman–Crippen MR) is 112 cm³/mol. The second kappa shape index (κ2) is 8.71. The van der Waals surface area contributed by atoms with E-state index in [1.54, 1.807) is 0 Å². The van der Waals surface area contributed by atoms with Crippen molar-refractivity contribution < 1.29 is 4.79 Å². The van der Waals surface area contributed by atoms with Crippen LogP contribution in [0.1, 0.15) is 54.7 Å². The van der Waals surface area contributed by atoms with Crippen LogP contribution >= 0.6 is 0 Å². The van der Waals surface area contributed by atoms with E-state index in [1.807, 2.05) is 12.1 Å².